The molecular weight excluding hydrogens is 184 g/mol. The molecule has 0 aromatic rings. The Morgan fingerprint density at radius 2 is 1.67 bits per heavy atom. The lowest BCUT2D eigenvalue weighted by molar-refractivity contribution is 0.120. The van der Waals surface area contributed by atoms with Crippen LogP contribution in [0, 0.1) is 0 Å². The van der Waals surface area contributed by atoms with Crippen molar-refractivity contribution in [3.8, 4) is 0 Å². The smallest absolute Gasteiger partial charge is 0.0247 e. The van der Waals surface area contributed by atoms with Gasteiger partial charge in [0.2, 0.25) is 0 Å². The summed E-state index contributed by atoms with van der Waals surface area (Å²) in [6, 6.07) is 1.56. The third kappa shape index (κ3) is 4.52. The van der Waals surface area contributed by atoms with Crippen LogP contribution in [0.15, 0.2) is 0 Å². The van der Waals surface area contributed by atoms with Crippen LogP contribution in [-0.2, 0) is 0 Å². The second-order valence-corrected chi connectivity index (χ2v) is 4.52. The molecule has 0 aromatic heterocycles. The lowest BCUT2D eigenvalue weighted by atomic mass is 9.98. The minimum Gasteiger partial charge on any atom is -0.326 e. The molecule has 0 rings (SSSR count). The Morgan fingerprint density at radius 1 is 1.07 bits per heavy atom. The minimum atomic E-state index is 0.342. The molecule has 0 aliphatic carbocycles. The molecule has 2 N–H and O–H groups in total. The van der Waals surface area contributed by atoms with E-state index in [1.165, 1.54) is 19.3 Å². The molecule has 0 fully saturated rings. The summed E-state index contributed by atoms with van der Waals surface area (Å²) in [7, 11) is 0. The van der Waals surface area contributed by atoms with Crippen molar-refractivity contribution in [3.63, 3.8) is 0 Å². The SMILES string of the molecule is CCCC(N)C(CC)N(CC)C(C)CC. The molecule has 0 saturated heterocycles. The van der Waals surface area contributed by atoms with Crippen LogP contribution in [0.25, 0.3) is 0 Å². The van der Waals surface area contributed by atoms with E-state index in [0.29, 0.717) is 18.1 Å². The van der Waals surface area contributed by atoms with Crippen LogP contribution in [-0.4, -0.2) is 29.6 Å². The number of hydrogen-bond donors (Lipinski definition) is 1. The Bertz CT molecular complexity index is 147. The molecule has 0 amide bonds. The molecule has 0 spiro atoms. The molecule has 0 aromatic carbocycles. The molecular formula is C13H30N2. The first-order valence-electron chi connectivity index (χ1n) is 6.63. The molecule has 0 bridgehead atoms. The second-order valence-electron chi connectivity index (χ2n) is 4.52. The highest BCUT2D eigenvalue weighted by atomic mass is 15.2. The molecule has 0 saturated carbocycles. The summed E-state index contributed by atoms with van der Waals surface area (Å²) in [4.78, 5) is 2.57. The van der Waals surface area contributed by atoms with Crippen LogP contribution in [0.3, 0.4) is 0 Å². The van der Waals surface area contributed by atoms with Gasteiger partial charge in [0.05, 0.1) is 0 Å². The van der Waals surface area contributed by atoms with E-state index in [0.717, 1.165) is 13.0 Å². The fourth-order valence-corrected chi connectivity index (χ4v) is 2.42. The van der Waals surface area contributed by atoms with Gasteiger partial charge in [0.25, 0.3) is 0 Å². The first-order valence-corrected chi connectivity index (χ1v) is 6.63. The summed E-state index contributed by atoms with van der Waals surface area (Å²) in [6.45, 7) is 12.4. The van der Waals surface area contributed by atoms with Crippen molar-refractivity contribution in [2.75, 3.05) is 6.54 Å². The third-order valence-corrected chi connectivity index (χ3v) is 3.48. The molecule has 0 radical (unpaired) electrons. The maximum atomic E-state index is 6.27. The topological polar surface area (TPSA) is 29.3 Å². The molecule has 2 heteroatoms. The van der Waals surface area contributed by atoms with Gasteiger partial charge in [-0.2, -0.15) is 0 Å². The third-order valence-electron chi connectivity index (χ3n) is 3.48. The summed E-state index contributed by atoms with van der Waals surface area (Å²) in [6.07, 6.45) is 4.71. The van der Waals surface area contributed by atoms with Gasteiger partial charge >= 0.3 is 0 Å². The Morgan fingerprint density at radius 3 is 2.00 bits per heavy atom. The van der Waals surface area contributed by atoms with E-state index >= 15 is 0 Å². The Labute approximate surface area is 96.2 Å². The zero-order valence-electron chi connectivity index (χ0n) is 11.3. The first-order chi connectivity index (χ1) is 7.12. The van der Waals surface area contributed by atoms with Crippen molar-refractivity contribution in [2.45, 2.75) is 78.4 Å². The van der Waals surface area contributed by atoms with Gasteiger partial charge in [0.15, 0.2) is 0 Å². The number of likely N-dealkylation sites (N-methyl/N-ethyl adjacent to an activating group) is 1. The zero-order valence-corrected chi connectivity index (χ0v) is 11.3. The average molecular weight is 214 g/mol. The van der Waals surface area contributed by atoms with E-state index < -0.39 is 0 Å². The minimum absolute atomic E-state index is 0.342. The van der Waals surface area contributed by atoms with Crippen molar-refractivity contribution in [1.29, 1.82) is 0 Å². The first kappa shape index (κ1) is 14.9. The van der Waals surface area contributed by atoms with E-state index in [-0.39, 0.29) is 0 Å². The second kappa shape index (κ2) is 8.12. The van der Waals surface area contributed by atoms with Crippen molar-refractivity contribution in [1.82, 2.24) is 4.90 Å². The van der Waals surface area contributed by atoms with Crippen LogP contribution in [0.1, 0.15) is 60.3 Å². The highest BCUT2D eigenvalue weighted by Gasteiger charge is 2.24. The van der Waals surface area contributed by atoms with Gasteiger partial charge < -0.3 is 5.73 Å². The highest BCUT2D eigenvalue weighted by Crippen LogP contribution is 2.16. The molecule has 0 heterocycles. The largest absolute Gasteiger partial charge is 0.326 e. The quantitative estimate of drug-likeness (QED) is 0.673. The lowest BCUT2D eigenvalue weighted by Gasteiger charge is -2.38. The van der Waals surface area contributed by atoms with Crippen LogP contribution in [0.5, 0.6) is 0 Å². The van der Waals surface area contributed by atoms with Crippen LogP contribution < -0.4 is 5.73 Å². The van der Waals surface area contributed by atoms with Gasteiger partial charge in [-0.25, -0.2) is 0 Å². The summed E-state index contributed by atoms with van der Waals surface area (Å²) in [5.74, 6) is 0. The fourth-order valence-electron chi connectivity index (χ4n) is 2.42. The maximum absolute atomic E-state index is 6.27. The molecule has 2 nitrogen and oxygen atoms in total. The van der Waals surface area contributed by atoms with Crippen LogP contribution >= 0.6 is 0 Å². The highest BCUT2D eigenvalue weighted by molar-refractivity contribution is 4.83. The summed E-state index contributed by atoms with van der Waals surface area (Å²) < 4.78 is 0. The van der Waals surface area contributed by atoms with Gasteiger partial charge in [-0.05, 0) is 32.7 Å². The van der Waals surface area contributed by atoms with Crippen molar-refractivity contribution in [3.05, 3.63) is 0 Å². The predicted molar refractivity (Wildman–Crippen MR) is 69.1 cm³/mol. The lowest BCUT2D eigenvalue weighted by Crippen LogP contribution is -2.50. The normalized spacial score (nSPS) is 17.8. The van der Waals surface area contributed by atoms with Crippen LogP contribution in [0.2, 0.25) is 0 Å². The van der Waals surface area contributed by atoms with E-state index in [1.54, 1.807) is 0 Å². The van der Waals surface area contributed by atoms with Crippen LogP contribution in [0.4, 0.5) is 0 Å². The van der Waals surface area contributed by atoms with Crippen molar-refractivity contribution >= 4 is 0 Å². The van der Waals surface area contributed by atoms with E-state index in [1.807, 2.05) is 0 Å². The fraction of sp³-hybridized carbons (Fsp3) is 1.00. The number of nitrogens with two attached hydrogens (primary N) is 1. The molecule has 0 aliphatic heterocycles. The molecule has 15 heavy (non-hydrogen) atoms. The van der Waals surface area contributed by atoms with E-state index in [4.69, 9.17) is 5.73 Å². The van der Waals surface area contributed by atoms with E-state index in [2.05, 4.69) is 39.5 Å². The maximum Gasteiger partial charge on any atom is 0.0247 e. The Hall–Kier alpha value is -0.0800. The number of hydrogen-bond acceptors (Lipinski definition) is 2. The molecule has 0 aliphatic rings. The number of nitrogens with zero attached hydrogens (tertiary/aromatic N) is 1. The van der Waals surface area contributed by atoms with Crippen molar-refractivity contribution in [2.24, 2.45) is 5.73 Å². The van der Waals surface area contributed by atoms with E-state index in [9.17, 15) is 0 Å². The molecule has 92 valence electrons. The molecule has 3 unspecified atom stereocenters. The van der Waals surface area contributed by atoms with Gasteiger partial charge in [-0.1, -0.05) is 34.1 Å². The summed E-state index contributed by atoms with van der Waals surface area (Å²) in [5, 5.41) is 0. The standard InChI is InChI=1S/C13H30N2/c1-6-10-12(14)13(8-3)15(9-4)11(5)7-2/h11-13H,6-10,14H2,1-5H3. The van der Waals surface area contributed by atoms with Gasteiger partial charge in [0.1, 0.15) is 0 Å². The Kier molecular flexibility index (Phi) is 8.07. The predicted octanol–water partition coefficient (Wildman–Crippen LogP) is 3.01. The van der Waals surface area contributed by atoms with Crippen molar-refractivity contribution < 1.29 is 0 Å². The zero-order chi connectivity index (χ0) is 11.8. The monoisotopic (exact) mass is 214 g/mol. The number of rotatable bonds is 8. The van der Waals surface area contributed by atoms with Gasteiger partial charge in [-0.3, -0.25) is 4.90 Å². The van der Waals surface area contributed by atoms with Gasteiger partial charge in [0, 0.05) is 18.1 Å². The molecule has 3 atom stereocenters. The summed E-state index contributed by atoms with van der Waals surface area (Å²) >= 11 is 0. The van der Waals surface area contributed by atoms with Gasteiger partial charge in [-0.15, -0.1) is 0 Å². The Balaban J connectivity index is 4.44. The average Bonchev–Trinajstić information content (AvgIpc) is 2.24. The summed E-state index contributed by atoms with van der Waals surface area (Å²) in [5.41, 5.74) is 6.27.